The number of halogens is 3. The number of aromatic nitrogens is 1. The molecule has 1 aliphatic rings. The third-order valence-corrected chi connectivity index (χ3v) is 7.73. The lowest BCUT2D eigenvalue weighted by Crippen LogP contribution is -2.33. The second-order valence-electron chi connectivity index (χ2n) is 6.63. The number of pyridine rings is 1. The van der Waals surface area contributed by atoms with Gasteiger partial charge in [-0.1, -0.05) is 12.0 Å². The van der Waals surface area contributed by atoms with Crippen LogP contribution in [0.1, 0.15) is 32.4 Å². The molecule has 0 radical (unpaired) electrons. The molecule has 0 unspecified atom stereocenters. The minimum absolute atomic E-state index is 0.0789. The fraction of sp³-hybridized carbons (Fsp3) is 0.316. The van der Waals surface area contributed by atoms with Crippen molar-refractivity contribution in [2.24, 2.45) is 0 Å². The summed E-state index contributed by atoms with van der Waals surface area (Å²) < 4.78 is 52.2. The molecule has 1 saturated carbocycles. The molecule has 1 aromatic carbocycles. The van der Waals surface area contributed by atoms with Gasteiger partial charge in [-0.05, 0) is 72.8 Å². The molecule has 3 nitrogen and oxygen atoms in total. The molecule has 3 rings (SSSR count). The fourth-order valence-electron chi connectivity index (χ4n) is 2.49. The molecule has 2 aromatic rings. The predicted molar refractivity (Wildman–Crippen MR) is 100 cm³/mol. The lowest BCUT2D eigenvalue weighted by atomic mass is 10.1. The normalized spacial score (nSPS) is 14.7. The van der Waals surface area contributed by atoms with Crippen LogP contribution in [0.3, 0.4) is 0 Å². The van der Waals surface area contributed by atoms with Crippen LogP contribution in [0.15, 0.2) is 34.8 Å². The molecular weight excluding hydrogens is 424 g/mol. The van der Waals surface area contributed by atoms with Gasteiger partial charge in [0.25, 0.3) is 0 Å². The second kappa shape index (κ2) is 6.75. The predicted octanol–water partition coefficient (Wildman–Crippen LogP) is 4.50. The number of sulfone groups is 1. The first kappa shape index (κ1) is 19.0. The summed E-state index contributed by atoms with van der Waals surface area (Å²) in [6, 6.07) is 6.73. The van der Waals surface area contributed by atoms with Gasteiger partial charge in [-0.2, -0.15) is 0 Å². The molecule has 0 bridgehead atoms. The van der Waals surface area contributed by atoms with Crippen LogP contribution in [-0.4, -0.2) is 23.4 Å². The van der Waals surface area contributed by atoms with E-state index in [1.165, 1.54) is 6.07 Å². The Kier molecular flexibility index (Phi) is 4.93. The maximum Gasteiger partial charge on any atom is 0.169 e. The Morgan fingerprint density at radius 2 is 1.77 bits per heavy atom. The molecule has 0 spiro atoms. The van der Waals surface area contributed by atoms with E-state index >= 15 is 0 Å². The molecule has 0 N–H and O–H groups in total. The average Bonchev–Trinajstić information content (AvgIpc) is 3.40. The first-order valence-corrected chi connectivity index (χ1v) is 10.3. The Morgan fingerprint density at radius 1 is 1.15 bits per heavy atom. The summed E-state index contributed by atoms with van der Waals surface area (Å²) in [5.41, 5.74) is 0.0630. The van der Waals surface area contributed by atoms with E-state index in [0.717, 1.165) is 12.1 Å². The minimum atomic E-state index is -3.35. The van der Waals surface area contributed by atoms with E-state index in [1.54, 1.807) is 26.0 Å². The van der Waals surface area contributed by atoms with E-state index < -0.39 is 26.2 Å². The first-order valence-electron chi connectivity index (χ1n) is 8.01. The van der Waals surface area contributed by atoms with Crippen molar-refractivity contribution in [3.05, 3.63) is 52.1 Å². The minimum Gasteiger partial charge on any atom is -0.238 e. The SMILES string of the molecule is CC(C)(C#Cc1ccc(Br)c(-c2c(F)cccc2F)n1)S(=O)(=O)C1CC1. The van der Waals surface area contributed by atoms with Crippen molar-refractivity contribution in [3.8, 4) is 23.1 Å². The Bertz CT molecular complexity index is 1010. The van der Waals surface area contributed by atoms with Crippen LogP contribution < -0.4 is 0 Å². The van der Waals surface area contributed by atoms with Gasteiger partial charge in [-0.15, -0.1) is 0 Å². The Hall–Kier alpha value is -1.78. The van der Waals surface area contributed by atoms with E-state index in [-0.39, 0.29) is 22.2 Å². The zero-order valence-corrected chi connectivity index (χ0v) is 16.6. The van der Waals surface area contributed by atoms with Crippen LogP contribution in [0.2, 0.25) is 0 Å². The van der Waals surface area contributed by atoms with Crippen LogP contribution in [0.4, 0.5) is 8.78 Å². The van der Waals surface area contributed by atoms with Gasteiger partial charge in [-0.3, -0.25) is 0 Å². The van der Waals surface area contributed by atoms with Crippen molar-refractivity contribution >= 4 is 25.8 Å². The van der Waals surface area contributed by atoms with Gasteiger partial charge in [0.1, 0.15) is 22.1 Å². The van der Waals surface area contributed by atoms with E-state index in [9.17, 15) is 17.2 Å². The van der Waals surface area contributed by atoms with Crippen molar-refractivity contribution in [2.75, 3.05) is 0 Å². The molecule has 1 aromatic heterocycles. The third kappa shape index (κ3) is 3.53. The molecule has 0 saturated heterocycles. The second-order valence-corrected chi connectivity index (χ2v) is 10.3. The summed E-state index contributed by atoms with van der Waals surface area (Å²) in [7, 11) is -3.35. The van der Waals surface area contributed by atoms with Crippen LogP contribution in [-0.2, 0) is 9.84 Å². The molecular formula is C19H16BrF2NO2S. The summed E-state index contributed by atoms with van der Waals surface area (Å²) in [5.74, 6) is 4.03. The van der Waals surface area contributed by atoms with Crippen LogP contribution in [0, 0.1) is 23.5 Å². The Labute approximate surface area is 159 Å². The average molecular weight is 440 g/mol. The smallest absolute Gasteiger partial charge is 0.169 e. The standard InChI is InChI=1S/C19H16BrF2NO2S/c1-19(2,26(24,25)13-7-8-13)11-10-12-6-9-14(20)18(23-12)17-15(21)4-3-5-16(17)22/h3-6,9,13H,7-8H2,1-2H3. The van der Waals surface area contributed by atoms with Crippen LogP contribution >= 0.6 is 15.9 Å². The van der Waals surface area contributed by atoms with Crippen molar-refractivity contribution < 1.29 is 17.2 Å². The highest BCUT2D eigenvalue weighted by Gasteiger charge is 2.45. The zero-order chi connectivity index (χ0) is 19.1. The van der Waals surface area contributed by atoms with Crippen molar-refractivity contribution in [1.29, 1.82) is 0 Å². The first-order chi connectivity index (χ1) is 12.1. The molecule has 1 aliphatic carbocycles. The van der Waals surface area contributed by atoms with E-state index in [0.29, 0.717) is 17.3 Å². The summed E-state index contributed by atoms with van der Waals surface area (Å²) in [5, 5.41) is -0.326. The Morgan fingerprint density at radius 3 is 2.35 bits per heavy atom. The highest BCUT2D eigenvalue weighted by molar-refractivity contribution is 9.10. The molecule has 1 heterocycles. The fourth-order valence-corrected chi connectivity index (χ4v) is 4.69. The van der Waals surface area contributed by atoms with Gasteiger partial charge in [-0.25, -0.2) is 22.2 Å². The van der Waals surface area contributed by atoms with E-state index in [1.807, 2.05) is 0 Å². The highest BCUT2D eigenvalue weighted by atomic mass is 79.9. The van der Waals surface area contributed by atoms with Gasteiger partial charge in [0, 0.05) is 4.47 Å². The number of rotatable bonds is 3. The van der Waals surface area contributed by atoms with Gasteiger partial charge in [0.2, 0.25) is 0 Å². The number of benzene rings is 1. The molecule has 7 heteroatoms. The molecule has 136 valence electrons. The van der Waals surface area contributed by atoms with Crippen LogP contribution in [0.5, 0.6) is 0 Å². The van der Waals surface area contributed by atoms with Gasteiger partial charge < -0.3 is 0 Å². The third-order valence-electron chi connectivity index (χ3n) is 4.21. The highest BCUT2D eigenvalue weighted by Crippen LogP contribution is 2.36. The maximum absolute atomic E-state index is 14.1. The zero-order valence-electron chi connectivity index (χ0n) is 14.2. The lowest BCUT2D eigenvalue weighted by Gasteiger charge is -2.17. The van der Waals surface area contributed by atoms with E-state index in [4.69, 9.17) is 0 Å². The number of hydrogen-bond acceptors (Lipinski definition) is 3. The van der Waals surface area contributed by atoms with Crippen molar-refractivity contribution in [1.82, 2.24) is 4.98 Å². The monoisotopic (exact) mass is 439 g/mol. The topological polar surface area (TPSA) is 47.0 Å². The summed E-state index contributed by atoms with van der Waals surface area (Å²) in [4.78, 5) is 4.21. The number of hydrogen-bond donors (Lipinski definition) is 0. The summed E-state index contributed by atoms with van der Waals surface area (Å²) in [6.45, 7) is 3.12. The molecule has 1 fully saturated rings. The quantitative estimate of drug-likeness (QED) is 0.661. The lowest BCUT2D eigenvalue weighted by molar-refractivity contribution is 0.573. The molecule has 0 amide bonds. The largest absolute Gasteiger partial charge is 0.238 e. The van der Waals surface area contributed by atoms with Crippen molar-refractivity contribution in [3.63, 3.8) is 0 Å². The molecule has 26 heavy (non-hydrogen) atoms. The van der Waals surface area contributed by atoms with Crippen LogP contribution in [0.25, 0.3) is 11.3 Å². The van der Waals surface area contributed by atoms with Gasteiger partial charge >= 0.3 is 0 Å². The number of nitrogens with zero attached hydrogens (tertiary/aromatic N) is 1. The maximum atomic E-state index is 14.1. The summed E-state index contributed by atoms with van der Waals surface area (Å²) in [6.07, 6.45) is 1.33. The van der Waals surface area contributed by atoms with Gasteiger partial charge in [0.05, 0.1) is 16.5 Å². The van der Waals surface area contributed by atoms with E-state index in [2.05, 4.69) is 32.8 Å². The Balaban J connectivity index is 2.02. The molecule has 0 atom stereocenters. The molecule has 0 aliphatic heterocycles. The van der Waals surface area contributed by atoms with Gasteiger partial charge in [0.15, 0.2) is 9.84 Å². The summed E-state index contributed by atoms with van der Waals surface area (Å²) >= 11 is 3.25. The van der Waals surface area contributed by atoms with Crippen molar-refractivity contribution in [2.45, 2.75) is 36.7 Å².